The van der Waals surface area contributed by atoms with Crippen LogP contribution in [0.5, 0.6) is 0 Å². The minimum Gasteiger partial charge on any atom is -0.413 e. The molecule has 0 aliphatic carbocycles. The lowest BCUT2D eigenvalue weighted by Crippen LogP contribution is -2.38. The van der Waals surface area contributed by atoms with E-state index in [0.29, 0.717) is 0 Å². The first-order valence-corrected chi connectivity index (χ1v) is 10.0. The molecule has 0 aliphatic heterocycles. The average molecular weight is 262 g/mol. The highest BCUT2D eigenvalue weighted by Gasteiger charge is 2.26. The molecule has 0 spiro atoms. The standard InChI is InChI=1S/C16H26OSi/c1-7-14-8-10-15(11-9-14)12-13-16(2,3)17-18(4,5)6/h7-11H,1,12-13H2,2-6H3. The van der Waals surface area contributed by atoms with Crippen molar-refractivity contribution in [1.29, 1.82) is 0 Å². The fourth-order valence-electron chi connectivity index (χ4n) is 2.15. The van der Waals surface area contributed by atoms with Crippen LogP contribution in [0.4, 0.5) is 0 Å². The van der Waals surface area contributed by atoms with Gasteiger partial charge in [-0.3, -0.25) is 0 Å². The summed E-state index contributed by atoms with van der Waals surface area (Å²) in [6.07, 6.45) is 4.00. The van der Waals surface area contributed by atoms with Crippen LogP contribution >= 0.6 is 0 Å². The zero-order chi connectivity index (χ0) is 13.8. The van der Waals surface area contributed by atoms with Crippen LogP contribution in [0, 0.1) is 0 Å². The summed E-state index contributed by atoms with van der Waals surface area (Å²) in [4.78, 5) is 0. The summed E-state index contributed by atoms with van der Waals surface area (Å²) in [5.41, 5.74) is 2.52. The van der Waals surface area contributed by atoms with Gasteiger partial charge in [-0.1, -0.05) is 36.9 Å². The van der Waals surface area contributed by atoms with Crippen molar-refractivity contribution in [2.75, 3.05) is 0 Å². The predicted molar refractivity (Wildman–Crippen MR) is 83.4 cm³/mol. The maximum Gasteiger partial charge on any atom is 0.184 e. The lowest BCUT2D eigenvalue weighted by Gasteiger charge is -2.33. The Balaban J connectivity index is 2.55. The summed E-state index contributed by atoms with van der Waals surface area (Å²) in [6.45, 7) is 14.9. The maximum atomic E-state index is 6.21. The third kappa shape index (κ3) is 5.65. The van der Waals surface area contributed by atoms with Crippen molar-refractivity contribution in [3.63, 3.8) is 0 Å². The van der Waals surface area contributed by atoms with Gasteiger partial charge in [0.1, 0.15) is 0 Å². The molecule has 0 unspecified atom stereocenters. The van der Waals surface area contributed by atoms with E-state index in [4.69, 9.17) is 4.43 Å². The van der Waals surface area contributed by atoms with E-state index in [1.54, 1.807) is 0 Å². The van der Waals surface area contributed by atoms with Crippen LogP contribution in [0.25, 0.3) is 6.08 Å². The van der Waals surface area contributed by atoms with Crippen LogP contribution in [0.15, 0.2) is 30.8 Å². The van der Waals surface area contributed by atoms with E-state index in [9.17, 15) is 0 Å². The molecular weight excluding hydrogens is 236 g/mol. The van der Waals surface area contributed by atoms with Gasteiger partial charge in [-0.25, -0.2) is 0 Å². The van der Waals surface area contributed by atoms with Gasteiger partial charge < -0.3 is 4.43 Å². The first-order valence-electron chi connectivity index (χ1n) is 6.63. The zero-order valence-corrected chi connectivity index (χ0v) is 13.4. The summed E-state index contributed by atoms with van der Waals surface area (Å²) in [6, 6.07) is 8.60. The van der Waals surface area contributed by atoms with E-state index in [0.717, 1.165) is 12.8 Å². The third-order valence-corrected chi connectivity index (χ3v) is 3.98. The molecule has 0 heterocycles. The van der Waals surface area contributed by atoms with Crippen molar-refractivity contribution in [3.05, 3.63) is 42.0 Å². The Morgan fingerprint density at radius 1 is 1.17 bits per heavy atom. The van der Waals surface area contributed by atoms with Crippen molar-refractivity contribution < 1.29 is 4.43 Å². The van der Waals surface area contributed by atoms with E-state index in [1.807, 2.05) is 6.08 Å². The van der Waals surface area contributed by atoms with E-state index >= 15 is 0 Å². The molecule has 1 aromatic rings. The van der Waals surface area contributed by atoms with Crippen LogP contribution in [-0.2, 0) is 10.8 Å². The van der Waals surface area contributed by atoms with Crippen molar-refractivity contribution in [2.24, 2.45) is 0 Å². The van der Waals surface area contributed by atoms with Gasteiger partial charge in [0.2, 0.25) is 0 Å². The summed E-state index contributed by atoms with van der Waals surface area (Å²) >= 11 is 0. The Hall–Kier alpha value is -0.863. The molecule has 2 heteroatoms. The van der Waals surface area contributed by atoms with Gasteiger partial charge in [0.25, 0.3) is 0 Å². The first kappa shape index (κ1) is 15.2. The van der Waals surface area contributed by atoms with Crippen LogP contribution in [-0.4, -0.2) is 13.9 Å². The molecule has 0 aromatic heterocycles. The lowest BCUT2D eigenvalue weighted by molar-refractivity contribution is 0.0916. The van der Waals surface area contributed by atoms with Crippen LogP contribution in [0.3, 0.4) is 0 Å². The van der Waals surface area contributed by atoms with Crippen LogP contribution < -0.4 is 0 Å². The predicted octanol–water partition coefficient (Wildman–Crippen LogP) is 4.89. The van der Waals surface area contributed by atoms with Crippen molar-refractivity contribution in [3.8, 4) is 0 Å². The molecular formula is C16H26OSi. The number of benzene rings is 1. The average Bonchev–Trinajstić information content (AvgIpc) is 2.24. The Bertz CT molecular complexity index is 385. The number of aryl methyl sites for hydroxylation is 1. The summed E-state index contributed by atoms with van der Waals surface area (Å²) in [7, 11) is -1.46. The molecule has 1 nitrogen and oxygen atoms in total. The summed E-state index contributed by atoms with van der Waals surface area (Å²) in [5, 5.41) is 0. The van der Waals surface area contributed by atoms with Gasteiger partial charge in [-0.2, -0.15) is 0 Å². The Labute approximate surface area is 113 Å². The Morgan fingerprint density at radius 3 is 2.17 bits per heavy atom. The van der Waals surface area contributed by atoms with Crippen molar-refractivity contribution in [2.45, 2.75) is 51.9 Å². The quantitative estimate of drug-likeness (QED) is 0.663. The summed E-state index contributed by atoms with van der Waals surface area (Å²) in [5.74, 6) is 0. The van der Waals surface area contributed by atoms with Crippen LogP contribution in [0.2, 0.25) is 19.6 Å². The summed E-state index contributed by atoms with van der Waals surface area (Å²) < 4.78 is 6.21. The van der Waals surface area contributed by atoms with Crippen LogP contribution in [0.1, 0.15) is 31.4 Å². The molecule has 100 valence electrons. The van der Waals surface area contributed by atoms with Crippen molar-refractivity contribution in [1.82, 2.24) is 0 Å². The van der Waals surface area contributed by atoms with Gasteiger partial charge in [-0.15, -0.1) is 0 Å². The molecule has 0 fully saturated rings. The minimum atomic E-state index is -1.46. The molecule has 0 radical (unpaired) electrons. The molecule has 0 N–H and O–H groups in total. The van der Waals surface area contributed by atoms with Crippen molar-refractivity contribution >= 4 is 14.4 Å². The highest BCUT2D eigenvalue weighted by molar-refractivity contribution is 6.69. The molecule has 1 rings (SSSR count). The highest BCUT2D eigenvalue weighted by atomic mass is 28.4. The molecule has 0 saturated carbocycles. The number of hydrogen-bond donors (Lipinski definition) is 0. The SMILES string of the molecule is C=Cc1ccc(CCC(C)(C)O[Si](C)(C)C)cc1. The molecule has 0 bridgehead atoms. The van der Waals surface area contributed by atoms with Gasteiger partial charge in [0, 0.05) is 0 Å². The molecule has 0 saturated heterocycles. The largest absolute Gasteiger partial charge is 0.413 e. The third-order valence-electron chi connectivity index (χ3n) is 2.81. The van der Waals surface area contributed by atoms with Gasteiger partial charge in [0.05, 0.1) is 5.60 Å². The Morgan fingerprint density at radius 2 is 1.72 bits per heavy atom. The monoisotopic (exact) mass is 262 g/mol. The second-order valence-corrected chi connectivity index (χ2v) is 10.8. The lowest BCUT2D eigenvalue weighted by atomic mass is 9.98. The second-order valence-electron chi connectivity index (χ2n) is 6.42. The second kappa shape index (κ2) is 5.85. The maximum absolute atomic E-state index is 6.21. The molecule has 0 aliphatic rings. The highest BCUT2D eigenvalue weighted by Crippen LogP contribution is 2.23. The van der Waals surface area contributed by atoms with E-state index in [1.165, 1.54) is 11.1 Å². The van der Waals surface area contributed by atoms with E-state index < -0.39 is 8.32 Å². The fourth-order valence-corrected chi connectivity index (χ4v) is 3.91. The van der Waals surface area contributed by atoms with Gasteiger partial charge in [-0.05, 0) is 57.5 Å². The first-order chi connectivity index (χ1) is 8.22. The minimum absolute atomic E-state index is 0.0262. The normalized spacial score (nSPS) is 12.5. The molecule has 0 atom stereocenters. The zero-order valence-electron chi connectivity index (χ0n) is 12.4. The smallest absolute Gasteiger partial charge is 0.184 e. The molecule has 0 amide bonds. The van der Waals surface area contributed by atoms with E-state index in [-0.39, 0.29) is 5.60 Å². The molecule has 1 aromatic carbocycles. The van der Waals surface area contributed by atoms with Gasteiger partial charge in [0.15, 0.2) is 8.32 Å². The van der Waals surface area contributed by atoms with Gasteiger partial charge >= 0.3 is 0 Å². The molecule has 18 heavy (non-hydrogen) atoms. The Kier molecular flexibility index (Phi) is 4.94. The van der Waals surface area contributed by atoms with E-state index in [2.05, 4.69) is 64.3 Å². The fraction of sp³-hybridized carbons (Fsp3) is 0.500. The topological polar surface area (TPSA) is 9.23 Å². The number of rotatable bonds is 6. The number of hydrogen-bond acceptors (Lipinski definition) is 1.